The number of nitrogens with one attached hydrogen (secondary N) is 1. The minimum atomic E-state index is 0.620. The third-order valence-electron chi connectivity index (χ3n) is 3.88. The minimum absolute atomic E-state index is 0.620. The number of nitrogens with zero attached hydrogens (tertiary/aromatic N) is 3. The molecule has 2 heterocycles. The summed E-state index contributed by atoms with van der Waals surface area (Å²) in [6.45, 7) is 2.70. The van der Waals surface area contributed by atoms with Crippen molar-refractivity contribution >= 4 is 18.2 Å². The van der Waals surface area contributed by atoms with Gasteiger partial charge in [0.1, 0.15) is 0 Å². The summed E-state index contributed by atoms with van der Waals surface area (Å²) in [5, 5.41) is 7.30. The number of ether oxygens (including phenoxy) is 1. The summed E-state index contributed by atoms with van der Waals surface area (Å²) in [4.78, 5) is 2.18. The number of benzene rings is 1. The summed E-state index contributed by atoms with van der Waals surface area (Å²) < 4.78 is 8.02. The highest BCUT2D eigenvalue weighted by atomic mass is 32.1. The lowest BCUT2D eigenvalue weighted by atomic mass is 10.00. The summed E-state index contributed by atoms with van der Waals surface area (Å²) in [7, 11) is 2.07. The van der Waals surface area contributed by atoms with Crippen LogP contribution in [0.2, 0.25) is 0 Å². The predicted octanol–water partition coefficient (Wildman–Crippen LogP) is 2.79. The predicted molar refractivity (Wildman–Crippen MR) is 85.6 cm³/mol. The molecule has 1 N–H and O–H groups in total. The van der Waals surface area contributed by atoms with E-state index in [1.54, 1.807) is 0 Å². The van der Waals surface area contributed by atoms with Gasteiger partial charge in [-0.05, 0) is 43.1 Å². The van der Waals surface area contributed by atoms with Crippen molar-refractivity contribution in [3.05, 3.63) is 35.1 Å². The summed E-state index contributed by atoms with van der Waals surface area (Å²) >= 11 is 5.38. The highest BCUT2D eigenvalue weighted by Gasteiger charge is 2.19. The van der Waals surface area contributed by atoms with Crippen molar-refractivity contribution < 1.29 is 4.74 Å². The lowest BCUT2D eigenvalue weighted by molar-refractivity contribution is 0.0684. The molecule has 0 radical (unpaired) electrons. The zero-order valence-corrected chi connectivity index (χ0v) is 13.0. The zero-order valence-electron chi connectivity index (χ0n) is 12.2. The Labute approximate surface area is 129 Å². The molecular weight excluding hydrogens is 284 g/mol. The summed E-state index contributed by atoms with van der Waals surface area (Å²) in [6.07, 6.45) is 2.22. The van der Waals surface area contributed by atoms with Crippen molar-refractivity contribution in [1.29, 1.82) is 0 Å². The first-order chi connectivity index (χ1) is 10.3. The zero-order chi connectivity index (χ0) is 14.7. The molecule has 1 aliphatic heterocycles. The Kier molecular flexibility index (Phi) is 4.36. The van der Waals surface area contributed by atoms with Gasteiger partial charge in [0, 0.05) is 26.8 Å². The summed E-state index contributed by atoms with van der Waals surface area (Å²) in [6, 6.07) is 10.1. The standard InChI is InChI=1S/C15H20N4OS/c1-18(11-12-7-9-20-10-8-12)14-16-17-15(21)19(14)13-5-3-2-4-6-13/h2-6,12H,7-11H2,1H3,(H,17,21). The Bertz CT molecular complexity index is 631. The maximum Gasteiger partial charge on any atom is 0.230 e. The van der Waals surface area contributed by atoms with Crippen LogP contribution in [0.5, 0.6) is 0 Å². The Morgan fingerprint density at radius 1 is 1.33 bits per heavy atom. The first kappa shape index (κ1) is 14.3. The molecule has 6 heteroatoms. The monoisotopic (exact) mass is 304 g/mol. The van der Waals surface area contributed by atoms with E-state index in [2.05, 4.69) is 22.1 Å². The molecule has 1 saturated heterocycles. The highest BCUT2D eigenvalue weighted by molar-refractivity contribution is 7.71. The number of anilines is 1. The smallest absolute Gasteiger partial charge is 0.230 e. The van der Waals surface area contributed by atoms with Crippen LogP contribution in [0.1, 0.15) is 12.8 Å². The van der Waals surface area contributed by atoms with Crippen LogP contribution in [0, 0.1) is 10.7 Å². The van der Waals surface area contributed by atoms with Gasteiger partial charge in [0.2, 0.25) is 10.7 Å². The van der Waals surface area contributed by atoms with Crippen molar-refractivity contribution in [1.82, 2.24) is 14.8 Å². The van der Waals surface area contributed by atoms with Gasteiger partial charge in [0.15, 0.2) is 0 Å². The number of H-pyrrole nitrogens is 1. The summed E-state index contributed by atoms with van der Waals surface area (Å²) in [5.74, 6) is 1.51. The SMILES string of the molecule is CN(CC1CCOCC1)c1n[nH]c(=S)n1-c1ccccc1. The second kappa shape index (κ2) is 6.41. The number of hydrogen-bond donors (Lipinski definition) is 1. The number of aromatic nitrogens is 3. The Morgan fingerprint density at radius 3 is 2.76 bits per heavy atom. The van der Waals surface area contributed by atoms with Crippen molar-refractivity contribution in [2.75, 3.05) is 31.7 Å². The number of para-hydroxylation sites is 1. The fourth-order valence-corrected chi connectivity index (χ4v) is 2.99. The van der Waals surface area contributed by atoms with Crippen LogP contribution in [0.3, 0.4) is 0 Å². The number of hydrogen-bond acceptors (Lipinski definition) is 4. The van der Waals surface area contributed by atoms with Crippen LogP contribution in [0.25, 0.3) is 5.69 Å². The highest BCUT2D eigenvalue weighted by Crippen LogP contribution is 2.21. The molecule has 0 spiro atoms. The van der Waals surface area contributed by atoms with Crippen LogP contribution in [0.4, 0.5) is 5.95 Å². The molecule has 0 unspecified atom stereocenters. The Hall–Kier alpha value is -1.66. The lowest BCUT2D eigenvalue weighted by Crippen LogP contribution is -2.31. The second-order valence-electron chi connectivity index (χ2n) is 5.44. The Balaban J connectivity index is 1.83. The van der Waals surface area contributed by atoms with Crippen molar-refractivity contribution in [2.24, 2.45) is 5.92 Å². The Morgan fingerprint density at radius 2 is 2.05 bits per heavy atom. The molecule has 1 fully saturated rings. The van der Waals surface area contributed by atoms with E-state index in [9.17, 15) is 0 Å². The first-order valence-corrected chi connectivity index (χ1v) is 7.68. The van der Waals surface area contributed by atoms with E-state index < -0.39 is 0 Å². The fraction of sp³-hybridized carbons (Fsp3) is 0.467. The molecule has 0 aliphatic carbocycles. The molecule has 112 valence electrons. The van der Waals surface area contributed by atoms with E-state index in [-0.39, 0.29) is 0 Å². The molecule has 5 nitrogen and oxygen atoms in total. The quantitative estimate of drug-likeness (QED) is 0.882. The van der Waals surface area contributed by atoms with Crippen LogP contribution < -0.4 is 4.90 Å². The van der Waals surface area contributed by atoms with Crippen LogP contribution in [-0.2, 0) is 4.74 Å². The molecule has 2 aromatic rings. The van der Waals surface area contributed by atoms with Gasteiger partial charge in [-0.3, -0.25) is 4.57 Å². The largest absolute Gasteiger partial charge is 0.381 e. The fourth-order valence-electron chi connectivity index (χ4n) is 2.75. The molecular formula is C15H20N4OS. The topological polar surface area (TPSA) is 46.1 Å². The average Bonchev–Trinajstić information content (AvgIpc) is 2.91. The number of rotatable bonds is 4. The van der Waals surface area contributed by atoms with E-state index in [1.165, 1.54) is 0 Å². The third kappa shape index (κ3) is 3.16. The number of aromatic amines is 1. The van der Waals surface area contributed by atoms with Gasteiger partial charge in [0.05, 0.1) is 5.69 Å². The van der Waals surface area contributed by atoms with Gasteiger partial charge in [-0.1, -0.05) is 18.2 Å². The molecule has 0 saturated carbocycles. The van der Waals surface area contributed by atoms with Crippen LogP contribution in [-0.4, -0.2) is 41.6 Å². The van der Waals surface area contributed by atoms with Gasteiger partial charge in [-0.25, -0.2) is 5.10 Å². The third-order valence-corrected chi connectivity index (χ3v) is 4.16. The molecule has 1 aliphatic rings. The van der Waals surface area contributed by atoms with E-state index in [0.717, 1.165) is 44.2 Å². The van der Waals surface area contributed by atoms with E-state index in [0.29, 0.717) is 10.7 Å². The molecule has 0 atom stereocenters. The van der Waals surface area contributed by atoms with Gasteiger partial charge < -0.3 is 9.64 Å². The van der Waals surface area contributed by atoms with Crippen molar-refractivity contribution in [3.8, 4) is 5.69 Å². The second-order valence-corrected chi connectivity index (χ2v) is 5.82. The van der Waals surface area contributed by atoms with Gasteiger partial charge in [-0.2, -0.15) is 0 Å². The first-order valence-electron chi connectivity index (χ1n) is 7.27. The molecule has 1 aromatic heterocycles. The lowest BCUT2D eigenvalue weighted by Gasteiger charge is -2.27. The maximum absolute atomic E-state index is 5.42. The minimum Gasteiger partial charge on any atom is -0.381 e. The maximum atomic E-state index is 5.42. The van der Waals surface area contributed by atoms with E-state index >= 15 is 0 Å². The molecule has 0 amide bonds. The van der Waals surface area contributed by atoms with Gasteiger partial charge in [0.25, 0.3) is 0 Å². The summed E-state index contributed by atoms with van der Waals surface area (Å²) in [5.41, 5.74) is 1.03. The van der Waals surface area contributed by atoms with Gasteiger partial charge >= 0.3 is 0 Å². The van der Waals surface area contributed by atoms with E-state index in [4.69, 9.17) is 17.0 Å². The van der Waals surface area contributed by atoms with Gasteiger partial charge in [-0.15, -0.1) is 5.10 Å². The van der Waals surface area contributed by atoms with Crippen molar-refractivity contribution in [2.45, 2.75) is 12.8 Å². The molecule has 1 aromatic carbocycles. The molecule has 21 heavy (non-hydrogen) atoms. The van der Waals surface area contributed by atoms with Crippen molar-refractivity contribution in [3.63, 3.8) is 0 Å². The van der Waals surface area contributed by atoms with Crippen LogP contribution in [0.15, 0.2) is 30.3 Å². The molecule has 0 bridgehead atoms. The van der Waals surface area contributed by atoms with E-state index in [1.807, 2.05) is 34.9 Å². The molecule has 3 rings (SSSR count). The average molecular weight is 304 g/mol. The van der Waals surface area contributed by atoms with Crippen LogP contribution >= 0.6 is 12.2 Å². The normalized spacial score (nSPS) is 16.0.